The van der Waals surface area contributed by atoms with Crippen LogP contribution in [0.5, 0.6) is 0 Å². The van der Waals surface area contributed by atoms with Gasteiger partial charge in [0.05, 0.1) is 23.0 Å². The number of aryl methyl sites for hydroxylation is 1. The lowest BCUT2D eigenvalue weighted by atomic mass is 10.2. The zero-order chi connectivity index (χ0) is 11.4. The molecule has 1 unspecified atom stereocenters. The van der Waals surface area contributed by atoms with Crippen LogP contribution in [0.2, 0.25) is 5.02 Å². The maximum absolute atomic E-state index is 10.9. The molecule has 0 aliphatic rings. The summed E-state index contributed by atoms with van der Waals surface area (Å²) in [6.07, 6.45) is 2.19. The van der Waals surface area contributed by atoms with E-state index in [4.69, 9.17) is 17.3 Å². The minimum atomic E-state index is -0.353. The Kier molecular flexibility index (Phi) is 4.11. The summed E-state index contributed by atoms with van der Waals surface area (Å²) in [7, 11) is 1.71. The van der Waals surface area contributed by atoms with Gasteiger partial charge >= 0.3 is 0 Å². The first-order valence-electron chi connectivity index (χ1n) is 4.70. The van der Waals surface area contributed by atoms with Gasteiger partial charge < -0.3 is 11.1 Å². The van der Waals surface area contributed by atoms with Crippen LogP contribution in [0, 0.1) is 6.92 Å². The Morgan fingerprint density at radius 2 is 2.47 bits per heavy atom. The number of hydrogen-bond donors (Lipinski definition) is 2. The van der Waals surface area contributed by atoms with Crippen LogP contribution in [-0.2, 0) is 11.3 Å². The quantitative estimate of drug-likeness (QED) is 0.765. The van der Waals surface area contributed by atoms with Crippen LogP contribution in [0.3, 0.4) is 0 Å². The molecule has 0 fully saturated rings. The van der Waals surface area contributed by atoms with Crippen LogP contribution in [0.4, 0.5) is 0 Å². The summed E-state index contributed by atoms with van der Waals surface area (Å²) in [5, 5.41) is 7.57. The Hall–Kier alpha value is -1.07. The van der Waals surface area contributed by atoms with Gasteiger partial charge in [-0.05, 0) is 20.4 Å². The second-order valence-electron chi connectivity index (χ2n) is 3.33. The number of nitrogens with two attached hydrogens (primary N) is 1. The number of carbonyl (C=O) groups is 1. The first-order chi connectivity index (χ1) is 7.06. The van der Waals surface area contributed by atoms with Crippen LogP contribution < -0.4 is 11.1 Å². The third-order valence-electron chi connectivity index (χ3n) is 2.36. The number of hydrogen-bond acceptors (Lipinski definition) is 3. The third-order valence-corrected chi connectivity index (χ3v) is 2.74. The van der Waals surface area contributed by atoms with Crippen molar-refractivity contribution in [1.29, 1.82) is 0 Å². The predicted molar refractivity (Wildman–Crippen MR) is 58.6 cm³/mol. The van der Waals surface area contributed by atoms with Crippen LogP contribution >= 0.6 is 11.6 Å². The Morgan fingerprint density at radius 3 is 2.87 bits per heavy atom. The molecule has 1 amide bonds. The number of rotatable bonds is 5. The van der Waals surface area contributed by atoms with Crippen molar-refractivity contribution in [2.75, 3.05) is 7.05 Å². The van der Waals surface area contributed by atoms with Gasteiger partial charge in [0.1, 0.15) is 0 Å². The van der Waals surface area contributed by atoms with Crippen molar-refractivity contribution in [2.24, 2.45) is 5.73 Å². The standard InChI is InChI=1S/C9H15ClN4O/c1-6-7(10)5-13-14(6)4-3-8(12-2)9(11)15/h5,8,12H,3-4H2,1-2H3,(H2,11,15). The summed E-state index contributed by atoms with van der Waals surface area (Å²) in [6.45, 7) is 2.50. The van der Waals surface area contributed by atoms with Gasteiger partial charge in [-0.1, -0.05) is 11.6 Å². The van der Waals surface area contributed by atoms with Gasteiger partial charge in [-0.15, -0.1) is 0 Å². The molecule has 0 radical (unpaired) electrons. The molecule has 0 aliphatic carbocycles. The summed E-state index contributed by atoms with van der Waals surface area (Å²) >= 11 is 5.85. The number of carbonyl (C=O) groups excluding carboxylic acids is 1. The molecule has 84 valence electrons. The molecule has 0 spiro atoms. The summed E-state index contributed by atoms with van der Waals surface area (Å²) < 4.78 is 1.76. The molecule has 1 aromatic heterocycles. The van der Waals surface area contributed by atoms with Crippen molar-refractivity contribution >= 4 is 17.5 Å². The molecule has 1 heterocycles. The van der Waals surface area contributed by atoms with E-state index in [1.165, 1.54) is 0 Å². The Labute approximate surface area is 93.6 Å². The number of likely N-dealkylation sites (N-methyl/N-ethyl adjacent to an activating group) is 1. The molecule has 1 aromatic rings. The van der Waals surface area contributed by atoms with E-state index in [1.54, 1.807) is 17.9 Å². The Bertz CT molecular complexity index is 350. The summed E-state index contributed by atoms with van der Waals surface area (Å²) in [5.41, 5.74) is 6.10. The summed E-state index contributed by atoms with van der Waals surface area (Å²) in [5.74, 6) is -0.353. The fraction of sp³-hybridized carbons (Fsp3) is 0.556. The number of halogens is 1. The van der Waals surface area contributed by atoms with E-state index in [2.05, 4.69) is 10.4 Å². The highest BCUT2D eigenvalue weighted by Gasteiger charge is 2.13. The second-order valence-corrected chi connectivity index (χ2v) is 3.74. The van der Waals surface area contributed by atoms with Crippen LogP contribution in [0.15, 0.2) is 6.20 Å². The zero-order valence-corrected chi connectivity index (χ0v) is 9.58. The number of aromatic nitrogens is 2. The lowest BCUT2D eigenvalue weighted by Gasteiger charge is -2.12. The Morgan fingerprint density at radius 1 is 1.80 bits per heavy atom. The van der Waals surface area contributed by atoms with Crippen LogP contribution in [0.1, 0.15) is 12.1 Å². The van der Waals surface area contributed by atoms with E-state index in [0.717, 1.165) is 5.69 Å². The SMILES string of the molecule is CNC(CCn1ncc(Cl)c1C)C(N)=O. The van der Waals surface area contributed by atoms with Gasteiger partial charge in [0.15, 0.2) is 0 Å². The summed E-state index contributed by atoms with van der Waals surface area (Å²) in [4.78, 5) is 10.9. The van der Waals surface area contributed by atoms with Gasteiger partial charge in [0.25, 0.3) is 0 Å². The minimum Gasteiger partial charge on any atom is -0.368 e. The van der Waals surface area contributed by atoms with E-state index in [9.17, 15) is 4.79 Å². The van der Waals surface area contributed by atoms with E-state index in [1.807, 2.05) is 6.92 Å². The van der Waals surface area contributed by atoms with Crippen molar-refractivity contribution < 1.29 is 4.79 Å². The van der Waals surface area contributed by atoms with E-state index >= 15 is 0 Å². The molecular weight excluding hydrogens is 216 g/mol. The van der Waals surface area contributed by atoms with Crippen LogP contribution in [0.25, 0.3) is 0 Å². The van der Waals surface area contributed by atoms with Gasteiger partial charge in [-0.3, -0.25) is 9.48 Å². The predicted octanol–water partition coefficient (Wildman–Crippen LogP) is 0.308. The number of nitrogens with one attached hydrogen (secondary N) is 1. The molecule has 3 N–H and O–H groups in total. The van der Waals surface area contributed by atoms with Crippen LogP contribution in [-0.4, -0.2) is 28.8 Å². The van der Waals surface area contributed by atoms with Gasteiger partial charge in [-0.25, -0.2) is 0 Å². The average molecular weight is 231 g/mol. The monoisotopic (exact) mass is 230 g/mol. The molecule has 1 atom stereocenters. The smallest absolute Gasteiger partial charge is 0.234 e. The van der Waals surface area contributed by atoms with E-state index < -0.39 is 0 Å². The maximum Gasteiger partial charge on any atom is 0.234 e. The molecular formula is C9H15ClN4O. The highest BCUT2D eigenvalue weighted by molar-refractivity contribution is 6.31. The summed E-state index contributed by atoms with van der Waals surface area (Å²) in [6, 6.07) is -0.327. The molecule has 6 heteroatoms. The Balaban J connectivity index is 2.56. The molecule has 15 heavy (non-hydrogen) atoms. The number of nitrogens with zero attached hydrogens (tertiary/aromatic N) is 2. The van der Waals surface area contributed by atoms with Crippen molar-refractivity contribution in [1.82, 2.24) is 15.1 Å². The molecule has 0 saturated heterocycles. The van der Waals surface area contributed by atoms with Gasteiger partial charge in [-0.2, -0.15) is 5.10 Å². The van der Waals surface area contributed by atoms with Crippen molar-refractivity contribution in [3.05, 3.63) is 16.9 Å². The molecule has 1 rings (SSSR count). The highest BCUT2D eigenvalue weighted by atomic mass is 35.5. The fourth-order valence-corrected chi connectivity index (χ4v) is 1.47. The lowest BCUT2D eigenvalue weighted by Crippen LogP contribution is -2.39. The van der Waals surface area contributed by atoms with Gasteiger partial charge in [0, 0.05) is 6.54 Å². The maximum atomic E-state index is 10.9. The molecule has 0 aliphatic heterocycles. The zero-order valence-electron chi connectivity index (χ0n) is 8.83. The van der Waals surface area contributed by atoms with Gasteiger partial charge in [0.2, 0.25) is 5.91 Å². The highest BCUT2D eigenvalue weighted by Crippen LogP contribution is 2.13. The molecule has 0 saturated carbocycles. The topological polar surface area (TPSA) is 72.9 Å². The normalized spacial score (nSPS) is 12.7. The number of amides is 1. The van der Waals surface area contributed by atoms with E-state index in [-0.39, 0.29) is 11.9 Å². The van der Waals surface area contributed by atoms with Crippen molar-refractivity contribution in [3.63, 3.8) is 0 Å². The van der Waals surface area contributed by atoms with Crippen molar-refractivity contribution in [2.45, 2.75) is 25.9 Å². The largest absolute Gasteiger partial charge is 0.368 e. The molecule has 5 nitrogen and oxygen atoms in total. The first-order valence-corrected chi connectivity index (χ1v) is 5.08. The number of primary amides is 1. The van der Waals surface area contributed by atoms with E-state index in [0.29, 0.717) is 18.0 Å². The molecule has 0 bridgehead atoms. The third kappa shape index (κ3) is 2.94. The first kappa shape index (κ1) is 12.0. The minimum absolute atomic E-state index is 0.327. The fourth-order valence-electron chi connectivity index (χ4n) is 1.33. The second kappa shape index (κ2) is 5.14. The molecule has 0 aromatic carbocycles. The van der Waals surface area contributed by atoms with Crippen molar-refractivity contribution in [3.8, 4) is 0 Å². The lowest BCUT2D eigenvalue weighted by molar-refractivity contribution is -0.120. The average Bonchev–Trinajstić information content (AvgIpc) is 2.49.